The smallest absolute Gasteiger partial charge is 0.410 e. The zero-order valence-corrected chi connectivity index (χ0v) is 15.3. The number of carbonyl (C=O) groups excluding carboxylic acids is 2. The first-order chi connectivity index (χ1) is 11.7. The van der Waals surface area contributed by atoms with E-state index in [9.17, 15) is 9.59 Å². The van der Waals surface area contributed by atoms with Crippen molar-refractivity contribution < 1.29 is 23.8 Å². The van der Waals surface area contributed by atoms with Gasteiger partial charge in [0.2, 0.25) is 0 Å². The quantitative estimate of drug-likeness (QED) is 0.782. The highest BCUT2D eigenvalue weighted by Crippen LogP contribution is 2.27. The van der Waals surface area contributed by atoms with Gasteiger partial charge in [0.15, 0.2) is 11.4 Å². The van der Waals surface area contributed by atoms with Crippen LogP contribution >= 0.6 is 0 Å². The van der Waals surface area contributed by atoms with E-state index in [1.165, 1.54) is 14.2 Å². The highest BCUT2D eigenvalue weighted by atomic mass is 16.6. The molecule has 0 N–H and O–H groups in total. The van der Waals surface area contributed by atoms with Crippen molar-refractivity contribution in [1.29, 1.82) is 0 Å². The van der Waals surface area contributed by atoms with Gasteiger partial charge in [-0.05, 0) is 44.4 Å². The minimum absolute atomic E-state index is 0.139. The summed E-state index contributed by atoms with van der Waals surface area (Å²) in [4.78, 5) is 29.6. The molecule has 0 bridgehead atoms. The predicted octanol–water partition coefficient (Wildman–Crippen LogP) is 2.90. The Morgan fingerprint density at radius 2 is 1.96 bits per heavy atom. The summed E-state index contributed by atoms with van der Waals surface area (Å²) in [5, 5.41) is 0. The molecule has 1 aromatic rings. The topological polar surface area (TPSA) is 78.0 Å². The van der Waals surface area contributed by atoms with Gasteiger partial charge < -0.3 is 19.1 Å². The molecule has 1 amide bonds. The molecular weight excluding hydrogens is 324 g/mol. The van der Waals surface area contributed by atoms with E-state index in [4.69, 9.17) is 14.2 Å². The second kappa shape index (κ2) is 7.55. The van der Waals surface area contributed by atoms with E-state index in [1.54, 1.807) is 17.2 Å². The number of ether oxygens (including phenoxy) is 3. The molecule has 25 heavy (non-hydrogen) atoms. The van der Waals surface area contributed by atoms with Crippen LogP contribution in [0.5, 0.6) is 5.75 Å². The van der Waals surface area contributed by atoms with E-state index >= 15 is 0 Å². The number of aromatic nitrogens is 1. The van der Waals surface area contributed by atoms with Crippen molar-refractivity contribution in [3.05, 3.63) is 29.6 Å². The Labute approximate surface area is 147 Å². The number of nitrogens with zero attached hydrogens (tertiary/aromatic N) is 2. The molecule has 0 spiro atoms. The van der Waals surface area contributed by atoms with Crippen LogP contribution < -0.4 is 4.74 Å². The molecule has 0 atom stereocenters. The van der Waals surface area contributed by atoms with Crippen LogP contribution in [0.15, 0.2) is 18.3 Å². The third-order valence-corrected chi connectivity index (χ3v) is 3.68. The summed E-state index contributed by atoms with van der Waals surface area (Å²) in [6.07, 6.45) is 3.92. The Bertz CT molecular complexity index is 691. The number of methoxy groups -OCH3 is 2. The molecule has 2 heterocycles. The first-order valence-corrected chi connectivity index (χ1v) is 8.05. The van der Waals surface area contributed by atoms with Crippen LogP contribution in [-0.4, -0.2) is 54.9 Å². The second-order valence-corrected chi connectivity index (χ2v) is 6.67. The van der Waals surface area contributed by atoms with E-state index in [1.807, 2.05) is 26.8 Å². The average molecular weight is 348 g/mol. The largest absolute Gasteiger partial charge is 0.494 e. The molecule has 0 unspecified atom stereocenters. The fraction of sp³-hybridized carbons (Fsp3) is 0.500. The zero-order chi connectivity index (χ0) is 18.6. The van der Waals surface area contributed by atoms with Gasteiger partial charge >= 0.3 is 12.1 Å². The third-order valence-electron chi connectivity index (χ3n) is 3.68. The maximum atomic E-state index is 12.1. The summed E-state index contributed by atoms with van der Waals surface area (Å²) in [5.74, 6) is -0.183. The summed E-state index contributed by atoms with van der Waals surface area (Å²) in [6, 6.07) is 1.76. The normalized spacial score (nSPS) is 14.6. The monoisotopic (exact) mass is 348 g/mol. The van der Waals surface area contributed by atoms with E-state index < -0.39 is 11.6 Å². The minimum atomic E-state index is -0.544. The number of carbonyl (C=O) groups is 2. The molecule has 2 rings (SSSR count). The van der Waals surface area contributed by atoms with Gasteiger partial charge in [0.1, 0.15) is 5.60 Å². The summed E-state index contributed by atoms with van der Waals surface area (Å²) in [5.41, 5.74) is 1.53. The van der Waals surface area contributed by atoms with Gasteiger partial charge in [-0.1, -0.05) is 6.08 Å². The van der Waals surface area contributed by atoms with E-state index in [0.717, 1.165) is 11.1 Å². The van der Waals surface area contributed by atoms with E-state index in [2.05, 4.69) is 4.98 Å². The predicted molar refractivity (Wildman–Crippen MR) is 92.5 cm³/mol. The van der Waals surface area contributed by atoms with Gasteiger partial charge in [-0.25, -0.2) is 14.6 Å². The molecule has 7 nitrogen and oxygen atoms in total. The molecular formula is C18H24N2O5. The molecule has 0 aliphatic carbocycles. The van der Waals surface area contributed by atoms with Crippen molar-refractivity contribution >= 4 is 17.6 Å². The average Bonchev–Trinajstić information content (AvgIpc) is 2.59. The van der Waals surface area contributed by atoms with Crippen molar-refractivity contribution in [3.8, 4) is 5.75 Å². The Morgan fingerprint density at radius 3 is 2.48 bits per heavy atom. The SMILES string of the molecule is COC(=O)c1ncc(C2=CCN(C(=O)OC(C)(C)C)CC2)cc1OC. The summed E-state index contributed by atoms with van der Waals surface area (Å²) < 4.78 is 15.3. The first-order valence-electron chi connectivity index (χ1n) is 8.05. The van der Waals surface area contributed by atoms with E-state index in [-0.39, 0.29) is 11.8 Å². The van der Waals surface area contributed by atoms with Gasteiger partial charge in [-0.3, -0.25) is 0 Å². The van der Waals surface area contributed by atoms with Gasteiger partial charge in [0, 0.05) is 19.3 Å². The Balaban J connectivity index is 2.13. The Morgan fingerprint density at radius 1 is 1.24 bits per heavy atom. The van der Waals surface area contributed by atoms with Crippen LogP contribution in [0.25, 0.3) is 5.57 Å². The fourth-order valence-corrected chi connectivity index (χ4v) is 2.45. The molecule has 0 fully saturated rings. The Kier molecular flexibility index (Phi) is 5.66. The maximum Gasteiger partial charge on any atom is 0.410 e. The van der Waals surface area contributed by atoms with Crippen molar-refractivity contribution in [1.82, 2.24) is 9.88 Å². The van der Waals surface area contributed by atoms with Gasteiger partial charge in [0.25, 0.3) is 0 Å². The molecule has 1 aliphatic heterocycles. The number of hydrogen-bond donors (Lipinski definition) is 0. The first kappa shape index (κ1) is 18.8. The van der Waals surface area contributed by atoms with Gasteiger partial charge in [-0.2, -0.15) is 0 Å². The third kappa shape index (κ3) is 4.71. The minimum Gasteiger partial charge on any atom is -0.494 e. The van der Waals surface area contributed by atoms with E-state index in [0.29, 0.717) is 25.3 Å². The van der Waals surface area contributed by atoms with Crippen molar-refractivity contribution in [2.75, 3.05) is 27.3 Å². The summed E-state index contributed by atoms with van der Waals surface area (Å²) in [6.45, 7) is 6.55. The van der Waals surface area contributed by atoms with Crippen LogP contribution in [0.1, 0.15) is 43.2 Å². The molecule has 0 radical (unpaired) electrons. The fourth-order valence-electron chi connectivity index (χ4n) is 2.45. The summed E-state index contributed by atoms with van der Waals surface area (Å²) >= 11 is 0. The van der Waals surface area contributed by atoms with Crippen LogP contribution in [0.2, 0.25) is 0 Å². The van der Waals surface area contributed by atoms with Crippen molar-refractivity contribution in [2.45, 2.75) is 32.8 Å². The van der Waals surface area contributed by atoms with Gasteiger partial charge in [0.05, 0.1) is 14.2 Å². The lowest BCUT2D eigenvalue weighted by atomic mass is 10.0. The highest BCUT2D eigenvalue weighted by Gasteiger charge is 2.24. The number of esters is 1. The van der Waals surface area contributed by atoms with Crippen molar-refractivity contribution in [2.24, 2.45) is 0 Å². The molecule has 0 saturated carbocycles. The van der Waals surface area contributed by atoms with Crippen LogP contribution in [-0.2, 0) is 9.47 Å². The molecule has 7 heteroatoms. The van der Waals surface area contributed by atoms with Gasteiger partial charge in [-0.15, -0.1) is 0 Å². The van der Waals surface area contributed by atoms with Crippen molar-refractivity contribution in [3.63, 3.8) is 0 Å². The summed E-state index contributed by atoms with van der Waals surface area (Å²) in [7, 11) is 2.78. The standard InChI is InChI=1S/C18H24N2O5/c1-18(2,3)25-17(22)20-8-6-12(7-9-20)13-10-14(23-4)15(19-11-13)16(21)24-5/h6,10-11H,7-9H2,1-5H3. The molecule has 0 aromatic carbocycles. The molecule has 1 aliphatic rings. The van der Waals surface area contributed by atoms with Crippen LogP contribution in [0.4, 0.5) is 4.79 Å². The molecule has 0 saturated heterocycles. The number of pyridine rings is 1. The lowest BCUT2D eigenvalue weighted by Gasteiger charge is -2.29. The second-order valence-electron chi connectivity index (χ2n) is 6.67. The number of rotatable bonds is 3. The highest BCUT2D eigenvalue weighted by molar-refractivity contribution is 5.90. The number of amides is 1. The Hall–Kier alpha value is -2.57. The zero-order valence-electron chi connectivity index (χ0n) is 15.3. The lowest BCUT2D eigenvalue weighted by molar-refractivity contribution is 0.0270. The molecule has 1 aromatic heterocycles. The maximum absolute atomic E-state index is 12.1. The van der Waals surface area contributed by atoms with Crippen LogP contribution in [0.3, 0.4) is 0 Å². The number of hydrogen-bond acceptors (Lipinski definition) is 6. The van der Waals surface area contributed by atoms with Crippen LogP contribution in [0, 0.1) is 0 Å². The molecule has 136 valence electrons. The lowest BCUT2D eigenvalue weighted by Crippen LogP contribution is -2.39.